The van der Waals surface area contributed by atoms with E-state index < -0.39 is 6.17 Å². The Bertz CT molecular complexity index is 391. The van der Waals surface area contributed by atoms with Gasteiger partial charge in [-0.05, 0) is 19.9 Å². The summed E-state index contributed by atoms with van der Waals surface area (Å²) < 4.78 is 35.4. The summed E-state index contributed by atoms with van der Waals surface area (Å²) in [6.45, 7) is 8.49. The van der Waals surface area contributed by atoms with Crippen molar-refractivity contribution in [3.8, 4) is 0 Å². The predicted octanol–water partition coefficient (Wildman–Crippen LogP) is 3.11. The number of ether oxygens (including phenoxy) is 4. The number of alkyl halides is 1. The number of hydrogen-bond donors (Lipinski definition) is 2. The van der Waals surface area contributed by atoms with Crippen molar-refractivity contribution in [3.05, 3.63) is 0 Å². The maximum absolute atomic E-state index is 14.0. The van der Waals surface area contributed by atoms with Crippen molar-refractivity contribution < 1.29 is 28.1 Å². The molecular weight excluding hydrogens is 403 g/mol. The number of carbonyl (C=O) groups excluding carboxylic acids is 1. The van der Waals surface area contributed by atoms with Gasteiger partial charge in [0.15, 0.2) is 0 Å². The number of carbonyl (C=O) groups is 1. The number of hydrogen-bond acceptors (Lipinski definition) is 6. The number of rotatable bonds is 24. The number of amides is 1. The van der Waals surface area contributed by atoms with Gasteiger partial charge < -0.3 is 29.6 Å². The molecule has 0 aromatic heterocycles. The van der Waals surface area contributed by atoms with Gasteiger partial charge in [0.1, 0.15) is 6.17 Å². The van der Waals surface area contributed by atoms with Crippen molar-refractivity contribution in [1.29, 1.82) is 0 Å². The van der Waals surface area contributed by atoms with Crippen molar-refractivity contribution in [3.63, 3.8) is 0 Å². The molecule has 0 aromatic rings. The van der Waals surface area contributed by atoms with Gasteiger partial charge in [0, 0.05) is 12.5 Å². The quantitative estimate of drug-likeness (QED) is 0.220. The molecule has 0 radical (unpaired) electrons. The Kier molecular flexibility index (Phi) is 23.2. The summed E-state index contributed by atoms with van der Waals surface area (Å²) in [5.74, 6) is -0.0295. The minimum atomic E-state index is -1.21. The molecule has 0 fully saturated rings. The van der Waals surface area contributed by atoms with Crippen LogP contribution in [0.15, 0.2) is 0 Å². The van der Waals surface area contributed by atoms with Gasteiger partial charge in [-0.1, -0.05) is 46.0 Å². The van der Waals surface area contributed by atoms with Crippen LogP contribution in [-0.2, 0) is 23.7 Å². The van der Waals surface area contributed by atoms with Crippen LogP contribution in [0.5, 0.6) is 0 Å². The molecule has 0 aliphatic heterocycles. The summed E-state index contributed by atoms with van der Waals surface area (Å²) in [5, 5.41) is 5.76. The van der Waals surface area contributed by atoms with Crippen LogP contribution < -0.4 is 10.6 Å². The van der Waals surface area contributed by atoms with Crippen LogP contribution in [0.4, 0.5) is 4.39 Å². The highest BCUT2D eigenvalue weighted by atomic mass is 19.1. The second kappa shape index (κ2) is 23.9. The second-order valence-electron chi connectivity index (χ2n) is 7.69. The first-order valence-corrected chi connectivity index (χ1v) is 12.0. The van der Waals surface area contributed by atoms with Crippen LogP contribution in [0.2, 0.25) is 0 Å². The molecule has 0 saturated carbocycles. The molecular formula is C23H47FN2O5. The topological polar surface area (TPSA) is 78.1 Å². The molecule has 2 N–H and O–H groups in total. The molecule has 7 nitrogen and oxygen atoms in total. The molecule has 2 unspecified atom stereocenters. The van der Waals surface area contributed by atoms with Crippen LogP contribution in [0, 0.1) is 5.92 Å². The maximum Gasteiger partial charge on any atom is 0.223 e. The highest BCUT2D eigenvalue weighted by Crippen LogP contribution is 2.17. The normalized spacial score (nSPS) is 13.3. The van der Waals surface area contributed by atoms with Crippen molar-refractivity contribution in [2.24, 2.45) is 5.92 Å². The van der Waals surface area contributed by atoms with E-state index in [0.29, 0.717) is 46.2 Å². The SMILES string of the molecule is CCCCCC(CCCC)C(=O)NCC(F)COCCOCCOCCOCCNC. The number of unbranched alkanes of at least 4 members (excludes halogenated alkanes) is 3. The number of halogens is 1. The molecule has 8 heteroatoms. The highest BCUT2D eigenvalue weighted by Gasteiger charge is 2.18. The third-order valence-corrected chi connectivity index (χ3v) is 4.84. The molecule has 2 atom stereocenters. The molecule has 31 heavy (non-hydrogen) atoms. The molecule has 0 aliphatic carbocycles. The zero-order valence-corrected chi connectivity index (χ0v) is 20.1. The van der Waals surface area contributed by atoms with E-state index in [9.17, 15) is 9.18 Å². The number of likely N-dealkylation sites (N-methyl/N-ethyl adjacent to an activating group) is 1. The Balaban J connectivity index is 3.62. The van der Waals surface area contributed by atoms with Crippen molar-refractivity contribution in [2.45, 2.75) is 65.0 Å². The fourth-order valence-corrected chi connectivity index (χ4v) is 2.96. The maximum atomic E-state index is 14.0. The van der Waals surface area contributed by atoms with Gasteiger partial charge in [-0.3, -0.25) is 4.79 Å². The molecule has 0 saturated heterocycles. The lowest BCUT2D eigenvalue weighted by molar-refractivity contribution is -0.125. The first-order valence-electron chi connectivity index (χ1n) is 12.0. The zero-order valence-electron chi connectivity index (χ0n) is 20.1. The fourth-order valence-electron chi connectivity index (χ4n) is 2.96. The Morgan fingerprint density at radius 2 is 1.35 bits per heavy atom. The Hall–Kier alpha value is -0.800. The van der Waals surface area contributed by atoms with E-state index in [1.165, 1.54) is 0 Å². The summed E-state index contributed by atoms with van der Waals surface area (Å²) in [6, 6.07) is 0. The molecule has 0 aromatic carbocycles. The smallest absolute Gasteiger partial charge is 0.223 e. The van der Waals surface area contributed by atoms with Gasteiger partial charge >= 0.3 is 0 Å². The minimum Gasteiger partial charge on any atom is -0.378 e. The van der Waals surface area contributed by atoms with Crippen LogP contribution in [0.25, 0.3) is 0 Å². The molecule has 0 aliphatic rings. The van der Waals surface area contributed by atoms with Gasteiger partial charge in [-0.2, -0.15) is 0 Å². The third-order valence-electron chi connectivity index (χ3n) is 4.84. The molecule has 0 bridgehead atoms. The van der Waals surface area contributed by atoms with Gasteiger partial charge in [-0.25, -0.2) is 4.39 Å². The molecule has 1 amide bonds. The second-order valence-corrected chi connectivity index (χ2v) is 7.69. The van der Waals surface area contributed by atoms with E-state index in [1.807, 2.05) is 7.05 Å². The lowest BCUT2D eigenvalue weighted by atomic mass is 9.94. The van der Waals surface area contributed by atoms with E-state index in [0.717, 1.165) is 51.5 Å². The van der Waals surface area contributed by atoms with Gasteiger partial charge in [0.05, 0.1) is 59.4 Å². The average molecular weight is 451 g/mol. The van der Waals surface area contributed by atoms with E-state index in [4.69, 9.17) is 18.9 Å². The first-order chi connectivity index (χ1) is 15.2. The molecule has 0 rings (SSSR count). The van der Waals surface area contributed by atoms with E-state index in [2.05, 4.69) is 24.5 Å². The van der Waals surface area contributed by atoms with Crippen molar-refractivity contribution in [1.82, 2.24) is 10.6 Å². The zero-order chi connectivity index (χ0) is 23.0. The lowest BCUT2D eigenvalue weighted by Crippen LogP contribution is -2.36. The Morgan fingerprint density at radius 1 is 0.806 bits per heavy atom. The van der Waals surface area contributed by atoms with Crippen LogP contribution in [-0.4, -0.2) is 85.1 Å². The van der Waals surface area contributed by atoms with Crippen molar-refractivity contribution in [2.75, 3.05) is 73.0 Å². The molecule has 0 spiro atoms. The van der Waals surface area contributed by atoms with Gasteiger partial charge in [0.25, 0.3) is 0 Å². The van der Waals surface area contributed by atoms with Gasteiger partial charge in [0.2, 0.25) is 5.91 Å². The molecule has 0 heterocycles. The average Bonchev–Trinajstić information content (AvgIpc) is 2.77. The largest absolute Gasteiger partial charge is 0.378 e. The summed E-state index contributed by atoms with van der Waals surface area (Å²) in [6.07, 6.45) is 5.97. The minimum absolute atomic E-state index is 0.000320. The highest BCUT2D eigenvalue weighted by molar-refractivity contribution is 5.78. The lowest BCUT2D eigenvalue weighted by Gasteiger charge is -2.17. The number of nitrogens with one attached hydrogen (secondary N) is 2. The summed E-state index contributed by atoms with van der Waals surface area (Å²) in [4.78, 5) is 12.4. The van der Waals surface area contributed by atoms with Gasteiger partial charge in [-0.15, -0.1) is 0 Å². The van der Waals surface area contributed by atoms with E-state index in [-0.39, 0.29) is 25.0 Å². The summed E-state index contributed by atoms with van der Waals surface area (Å²) in [5.41, 5.74) is 0. The molecule has 186 valence electrons. The summed E-state index contributed by atoms with van der Waals surface area (Å²) in [7, 11) is 1.88. The van der Waals surface area contributed by atoms with E-state index in [1.54, 1.807) is 0 Å². The fraction of sp³-hybridized carbons (Fsp3) is 0.957. The van der Waals surface area contributed by atoms with Crippen LogP contribution >= 0.6 is 0 Å². The standard InChI is InChI=1S/C23H47FN2O5/c1-4-6-8-10-21(9-7-5-2)23(27)26-19-22(24)20-31-18-17-30-16-15-29-14-13-28-12-11-25-3/h21-22,25H,4-20H2,1-3H3,(H,26,27). The monoisotopic (exact) mass is 450 g/mol. The van der Waals surface area contributed by atoms with Crippen LogP contribution in [0.1, 0.15) is 58.8 Å². The van der Waals surface area contributed by atoms with Crippen LogP contribution in [0.3, 0.4) is 0 Å². The third kappa shape index (κ3) is 20.8. The van der Waals surface area contributed by atoms with Crippen molar-refractivity contribution >= 4 is 5.91 Å². The predicted molar refractivity (Wildman–Crippen MR) is 122 cm³/mol. The Morgan fingerprint density at radius 3 is 1.94 bits per heavy atom. The first kappa shape index (κ1) is 30.2. The Labute approximate surface area is 189 Å². The van der Waals surface area contributed by atoms with E-state index >= 15 is 0 Å². The summed E-state index contributed by atoms with van der Waals surface area (Å²) >= 11 is 0.